The van der Waals surface area contributed by atoms with Crippen LogP contribution in [0.4, 0.5) is 4.79 Å². The van der Waals surface area contributed by atoms with Crippen molar-refractivity contribution in [3.8, 4) is 0 Å². The Morgan fingerprint density at radius 1 is 1.25 bits per heavy atom. The van der Waals surface area contributed by atoms with Gasteiger partial charge in [-0.05, 0) is 43.5 Å². The van der Waals surface area contributed by atoms with Gasteiger partial charge in [0, 0.05) is 25.0 Å². The molecular weight excluding hydrogens is 326 g/mol. The summed E-state index contributed by atoms with van der Waals surface area (Å²) in [5.41, 5.74) is 1.82. The zero-order chi connectivity index (χ0) is 17.2. The van der Waals surface area contributed by atoms with E-state index in [0.29, 0.717) is 6.54 Å². The molecule has 0 bridgehead atoms. The molecule has 1 heterocycles. The average Bonchev–Trinajstić information content (AvgIpc) is 3.38. The largest absolute Gasteiger partial charge is 0.331 e. The standard InChI is InChI=1S/C17H19N3O3S/c1-13-4-8-16(9-5-13)24(22,23)19-17(21)20(15-6-7-15)12-14-3-2-10-18-11-14/h2-5,8-11,15H,6-7,12H2,1H3,(H,19,21). The highest BCUT2D eigenvalue weighted by Crippen LogP contribution is 2.28. The summed E-state index contributed by atoms with van der Waals surface area (Å²) in [6, 6.07) is 9.54. The first-order chi connectivity index (χ1) is 11.5. The molecule has 0 radical (unpaired) electrons. The molecule has 126 valence electrons. The Bertz CT molecular complexity index is 816. The molecule has 1 N–H and O–H groups in total. The lowest BCUT2D eigenvalue weighted by atomic mass is 10.2. The number of nitrogens with zero attached hydrogens (tertiary/aromatic N) is 2. The molecular formula is C17H19N3O3S. The molecule has 1 aliphatic carbocycles. The first-order valence-corrected chi connectivity index (χ1v) is 9.23. The Morgan fingerprint density at radius 2 is 1.96 bits per heavy atom. The van der Waals surface area contributed by atoms with E-state index >= 15 is 0 Å². The minimum atomic E-state index is -3.88. The fourth-order valence-corrected chi connectivity index (χ4v) is 3.35. The van der Waals surface area contributed by atoms with Crippen LogP contribution in [0.15, 0.2) is 53.7 Å². The number of nitrogens with one attached hydrogen (secondary N) is 1. The highest BCUT2D eigenvalue weighted by molar-refractivity contribution is 7.90. The van der Waals surface area contributed by atoms with Gasteiger partial charge in [0.1, 0.15) is 0 Å². The molecule has 0 atom stereocenters. The molecule has 1 fully saturated rings. The third kappa shape index (κ3) is 3.91. The first-order valence-electron chi connectivity index (χ1n) is 7.75. The highest BCUT2D eigenvalue weighted by Gasteiger charge is 2.34. The van der Waals surface area contributed by atoms with Crippen molar-refractivity contribution in [2.75, 3.05) is 0 Å². The Labute approximate surface area is 141 Å². The number of aromatic nitrogens is 1. The van der Waals surface area contributed by atoms with E-state index < -0.39 is 16.1 Å². The van der Waals surface area contributed by atoms with Crippen molar-refractivity contribution in [1.82, 2.24) is 14.6 Å². The maximum absolute atomic E-state index is 12.5. The van der Waals surface area contributed by atoms with Gasteiger partial charge in [-0.3, -0.25) is 4.98 Å². The average molecular weight is 345 g/mol. The summed E-state index contributed by atoms with van der Waals surface area (Å²) in [6.45, 7) is 2.21. The fraction of sp³-hybridized carbons (Fsp3) is 0.294. The second-order valence-electron chi connectivity index (χ2n) is 5.94. The lowest BCUT2D eigenvalue weighted by molar-refractivity contribution is 0.198. The van der Waals surface area contributed by atoms with Gasteiger partial charge in [0.2, 0.25) is 0 Å². The second kappa shape index (κ2) is 6.60. The van der Waals surface area contributed by atoms with Gasteiger partial charge < -0.3 is 4.90 Å². The third-order valence-electron chi connectivity index (χ3n) is 3.88. The molecule has 2 aromatic rings. The molecule has 0 aliphatic heterocycles. The molecule has 0 unspecified atom stereocenters. The summed E-state index contributed by atoms with van der Waals surface area (Å²) in [5.74, 6) is 0. The lowest BCUT2D eigenvalue weighted by Crippen LogP contribution is -2.43. The van der Waals surface area contributed by atoms with Crippen LogP contribution in [0.1, 0.15) is 24.0 Å². The number of carbonyl (C=O) groups excluding carboxylic acids is 1. The van der Waals surface area contributed by atoms with Gasteiger partial charge in [0.15, 0.2) is 0 Å². The summed E-state index contributed by atoms with van der Waals surface area (Å²) in [7, 11) is -3.88. The molecule has 3 rings (SSSR count). The number of urea groups is 1. The second-order valence-corrected chi connectivity index (χ2v) is 7.63. The zero-order valence-electron chi connectivity index (χ0n) is 13.3. The van der Waals surface area contributed by atoms with Gasteiger partial charge in [-0.2, -0.15) is 0 Å². The number of amides is 2. The van der Waals surface area contributed by atoms with Gasteiger partial charge in [0.05, 0.1) is 4.90 Å². The van der Waals surface area contributed by atoms with Gasteiger partial charge in [-0.15, -0.1) is 0 Å². The van der Waals surface area contributed by atoms with Crippen molar-refractivity contribution >= 4 is 16.1 Å². The number of sulfonamides is 1. The van der Waals surface area contributed by atoms with Gasteiger partial charge in [-0.1, -0.05) is 23.8 Å². The van der Waals surface area contributed by atoms with E-state index in [1.54, 1.807) is 35.5 Å². The van der Waals surface area contributed by atoms with Crippen LogP contribution in [-0.2, 0) is 16.6 Å². The van der Waals surface area contributed by atoms with Crippen LogP contribution in [0.25, 0.3) is 0 Å². The third-order valence-corrected chi connectivity index (χ3v) is 5.21. The molecule has 1 saturated carbocycles. The summed E-state index contributed by atoms with van der Waals surface area (Å²) < 4.78 is 26.9. The molecule has 6 nitrogen and oxygen atoms in total. The van der Waals surface area contributed by atoms with E-state index in [0.717, 1.165) is 24.0 Å². The monoisotopic (exact) mass is 345 g/mol. The number of aryl methyl sites for hydroxylation is 1. The predicted molar refractivity (Wildman–Crippen MR) is 89.7 cm³/mol. The van der Waals surface area contributed by atoms with Crippen LogP contribution in [-0.4, -0.2) is 30.4 Å². The molecule has 1 aromatic heterocycles. The Balaban J connectivity index is 1.75. The predicted octanol–water partition coefficient (Wildman–Crippen LogP) is 2.45. The van der Waals surface area contributed by atoms with E-state index in [2.05, 4.69) is 9.71 Å². The number of rotatable bonds is 5. The van der Waals surface area contributed by atoms with Crippen LogP contribution in [0.2, 0.25) is 0 Å². The fourth-order valence-electron chi connectivity index (χ4n) is 2.39. The van der Waals surface area contributed by atoms with Crippen LogP contribution >= 0.6 is 0 Å². The van der Waals surface area contributed by atoms with Crippen molar-refractivity contribution in [3.63, 3.8) is 0 Å². The number of hydrogen-bond donors (Lipinski definition) is 1. The maximum Gasteiger partial charge on any atom is 0.331 e. The highest BCUT2D eigenvalue weighted by atomic mass is 32.2. The molecule has 1 aromatic carbocycles. The Hall–Kier alpha value is -2.41. The number of benzene rings is 1. The normalized spacial score (nSPS) is 14.2. The first kappa shape index (κ1) is 16.4. The minimum Gasteiger partial charge on any atom is -0.317 e. The summed E-state index contributed by atoms with van der Waals surface area (Å²) >= 11 is 0. The summed E-state index contributed by atoms with van der Waals surface area (Å²) in [4.78, 5) is 18.2. The molecule has 0 spiro atoms. The van der Waals surface area contributed by atoms with Crippen molar-refractivity contribution in [2.24, 2.45) is 0 Å². The summed E-state index contributed by atoms with van der Waals surface area (Å²) in [5, 5.41) is 0. The minimum absolute atomic E-state index is 0.0819. The van der Waals surface area contributed by atoms with Crippen molar-refractivity contribution in [3.05, 3.63) is 59.9 Å². The lowest BCUT2D eigenvalue weighted by Gasteiger charge is -2.22. The Kier molecular flexibility index (Phi) is 4.53. The summed E-state index contributed by atoms with van der Waals surface area (Å²) in [6.07, 6.45) is 5.11. The van der Waals surface area contributed by atoms with Crippen molar-refractivity contribution < 1.29 is 13.2 Å². The van der Waals surface area contributed by atoms with Crippen LogP contribution in [0, 0.1) is 6.92 Å². The molecule has 2 amide bonds. The van der Waals surface area contributed by atoms with E-state index in [1.807, 2.05) is 13.0 Å². The molecule has 0 saturated heterocycles. The quantitative estimate of drug-likeness (QED) is 0.903. The van der Waals surface area contributed by atoms with Crippen LogP contribution in [0.3, 0.4) is 0 Å². The zero-order valence-corrected chi connectivity index (χ0v) is 14.2. The van der Waals surface area contributed by atoms with Crippen molar-refractivity contribution in [1.29, 1.82) is 0 Å². The molecule has 1 aliphatic rings. The van der Waals surface area contributed by atoms with E-state index in [9.17, 15) is 13.2 Å². The SMILES string of the molecule is Cc1ccc(S(=O)(=O)NC(=O)N(Cc2cccnc2)C2CC2)cc1. The van der Waals surface area contributed by atoms with E-state index in [4.69, 9.17) is 0 Å². The Morgan fingerprint density at radius 3 is 2.54 bits per heavy atom. The number of hydrogen-bond acceptors (Lipinski definition) is 4. The van der Waals surface area contributed by atoms with Gasteiger partial charge >= 0.3 is 6.03 Å². The van der Waals surface area contributed by atoms with Crippen LogP contribution < -0.4 is 4.72 Å². The van der Waals surface area contributed by atoms with Gasteiger partial charge in [0.25, 0.3) is 10.0 Å². The van der Waals surface area contributed by atoms with Crippen LogP contribution in [0.5, 0.6) is 0 Å². The topological polar surface area (TPSA) is 79.4 Å². The van der Waals surface area contributed by atoms with E-state index in [1.165, 1.54) is 12.1 Å². The van der Waals surface area contributed by atoms with Crippen molar-refractivity contribution in [2.45, 2.75) is 37.2 Å². The maximum atomic E-state index is 12.5. The van der Waals surface area contributed by atoms with Gasteiger partial charge in [-0.25, -0.2) is 17.9 Å². The number of carbonyl (C=O) groups is 1. The smallest absolute Gasteiger partial charge is 0.317 e. The number of pyridine rings is 1. The molecule has 24 heavy (non-hydrogen) atoms. The van der Waals surface area contributed by atoms with E-state index in [-0.39, 0.29) is 10.9 Å². The molecule has 7 heteroatoms.